The van der Waals surface area contributed by atoms with Crippen molar-refractivity contribution in [1.82, 2.24) is 15.1 Å². The molecule has 1 amide bonds. The van der Waals surface area contributed by atoms with E-state index in [0.29, 0.717) is 18.1 Å². The van der Waals surface area contributed by atoms with Crippen LogP contribution in [0.3, 0.4) is 0 Å². The molecule has 0 atom stereocenters. The molecule has 0 radical (unpaired) electrons. The van der Waals surface area contributed by atoms with E-state index in [1.165, 1.54) is 0 Å². The molecule has 94 valence electrons. The molecule has 0 unspecified atom stereocenters. The maximum absolute atomic E-state index is 11.9. The quantitative estimate of drug-likeness (QED) is 0.859. The summed E-state index contributed by atoms with van der Waals surface area (Å²) >= 11 is 5.76. The molecule has 0 aliphatic carbocycles. The molecular weight excluding hydrogens is 250 g/mol. The lowest BCUT2D eigenvalue weighted by atomic mass is 10.1. The second-order valence-corrected chi connectivity index (χ2v) is 4.24. The van der Waals surface area contributed by atoms with Crippen LogP contribution in [0.15, 0.2) is 36.5 Å². The van der Waals surface area contributed by atoms with Crippen LogP contribution in [0.1, 0.15) is 21.6 Å². The van der Waals surface area contributed by atoms with Crippen molar-refractivity contribution < 1.29 is 4.79 Å². The van der Waals surface area contributed by atoms with E-state index in [4.69, 9.17) is 11.6 Å². The summed E-state index contributed by atoms with van der Waals surface area (Å²) in [7, 11) is 1.74. The highest BCUT2D eigenvalue weighted by atomic mass is 35.5. The number of nitrogens with one attached hydrogen (secondary N) is 1. The minimum absolute atomic E-state index is 0.133. The standard InChI is InChI=1S/C13H14ClN3O/c1-17-12(5-6-16-17)13(18)15-9-11-4-2-3-10(7-11)8-14/h2-7H,8-9H2,1H3,(H,15,18). The van der Waals surface area contributed by atoms with Gasteiger partial charge < -0.3 is 5.32 Å². The zero-order valence-electron chi connectivity index (χ0n) is 10.1. The van der Waals surface area contributed by atoms with E-state index in [0.717, 1.165) is 11.1 Å². The van der Waals surface area contributed by atoms with E-state index >= 15 is 0 Å². The van der Waals surface area contributed by atoms with Crippen LogP contribution >= 0.6 is 11.6 Å². The highest BCUT2D eigenvalue weighted by Crippen LogP contribution is 2.08. The number of benzene rings is 1. The molecule has 2 aromatic rings. The summed E-state index contributed by atoms with van der Waals surface area (Å²) in [5.41, 5.74) is 2.62. The van der Waals surface area contributed by atoms with Crippen LogP contribution in [-0.4, -0.2) is 15.7 Å². The number of halogens is 1. The van der Waals surface area contributed by atoms with Crippen molar-refractivity contribution in [2.45, 2.75) is 12.4 Å². The van der Waals surface area contributed by atoms with E-state index in [1.54, 1.807) is 24.0 Å². The van der Waals surface area contributed by atoms with Gasteiger partial charge in [0.15, 0.2) is 0 Å². The Labute approximate surface area is 111 Å². The van der Waals surface area contributed by atoms with Crippen molar-refractivity contribution in [1.29, 1.82) is 0 Å². The summed E-state index contributed by atoms with van der Waals surface area (Å²) in [5.74, 6) is 0.343. The molecule has 0 bridgehead atoms. The average molecular weight is 264 g/mol. The van der Waals surface area contributed by atoms with Gasteiger partial charge in [-0.2, -0.15) is 5.10 Å². The van der Waals surface area contributed by atoms with Crippen LogP contribution in [0, 0.1) is 0 Å². The van der Waals surface area contributed by atoms with Crippen molar-refractivity contribution in [3.63, 3.8) is 0 Å². The van der Waals surface area contributed by atoms with Crippen LogP contribution < -0.4 is 5.32 Å². The monoisotopic (exact) mass is 263 g/mol. The van der Waals surface area contributed by atoms with Crippen LogP contribution in [0.2, 0.25) is 0 Å². The van der Waals surface area contributed by atoms with Gasteiger partial charge in [-0.3, -0.25) is 9.48 Å². The van der Waals surface area contributed by atoms with Crippen LogP contribution in [-0.2, 0) is 19.5 Å². The fraction of sp³-hybridized carbons (Fsp3) is 0.231. The van der Waals surface area contributed by atoms with Crippen molar-refractivity contribution in [3.05, 3.63) is 53.3 Å². The number of aryl methyl sites for hydroxylation is 1. The lowest BCUT2D eigenvalue weighted by molar-refractivity contribution is 0.0941. The molecule has 1 aromatic heterocycles. The third-order valence-electron chi connectivity index (χ3n) is 2.65. The molecule has 4 nitrogen and oxygen atoms in total. The summed E-state index contributed by atoms with van der Waals surface area (Å²) in [6.07, 6.45) is 1.60. The zero-order valence-corrected chi connectivity index (χ0v) is 10.8. The molecule has 0 saturated heterocycles. The lowest BCUT2D eigenvalue weighted by Gasteiger charge is -2.06. The molecule has 1 aromatic carbocycles. The number of carbonyl (C=O) groups is 1. The minimum atomic E-state index is -0.133. The first kappa shape index (κ1) is 12.6. The normalized spacial score (nSPS) is 10.3. The molecule has 0 fully saturated rings. The van der Waals surface area contributed by atoms with Gasteiger partial charge >= 0.3 is 0 Å². The Morgan fingerprint density at radius 2 is 2.17 bits per heavy atom. The van der Waals surface area contributed by atoms with E-state index in [1.807, 2.05) is 24.3 Å². The molecule has 0 spiro atoms. The second-order valence-electron chi connectivity index (χ2n) is 3.98. The summed E-state index contributed by atoms with van der Waals surface area (Å²) in [6.45, 7) is 0.481. The van der Waals surface area contributed by atoms with Crippen molar-refractivity contribution in [3.8, 4) is 0 Å². The Kier molecular flexibility index (Phi) is 3.99. The van der Waals surface area contributed by atoms with Gasteiger partial charge in [-0.25, -0.2) is 0 Å². The van der Waals surface area contributed by atoms with Gasteiger partial charge in [0, 0.05) is 25.7 Å². The fourth-order valence-corrected chi connectivity index (χ4v) is 1.86. The highest BCUT2D eigenvalue weighted by Gasteiger charge is 2.08. The first-order valence-electron chi connectivity index (χ1n) is 5.60. The average Bonchev–Trinajstić information content (AvgIpc) is 2.82. The Morgan fingerprint density at radius 1 is 1.39 bits per heavy atom. The predicted molar refractivity (Wildman–Crippen MR) is 70.4 cm³/mol. The third-order valence-corrected chi connectivity index (χ3v) is 2.96. The van der Waals surface area contributed by atoms with Crippen LogP contribution in [0.5, 0.6) is 0 Å². The number of carbonyl (C=O) groups excluding carboxylic acids is 1. The molecule has 0 aliphatic rings. The largest absolute Gasteiger partial charge is 0.347 e. The second kappa shape index (κ2) is 5.69. The number of hydrogen-bond donors (Lipinski definition) is 1. The Hall–Kier alpha value is -1.81. The molecule has 0 aliphatic heterocycles. The molecule has 2 rings (SSSR count). The minimum Gasteiger partial charge on any atom is -0.347 e. The highest BCUT2D eigenvalue weighted by molar-refractivity contribution is 6.17. The Morgan fingerprint density at radius 3 is 2.83 bits per heavy atom. The molecule has 1 N–H and O–H groups in total. The van der Waals surface area contributed by atoms with Gasteiger partial charge in [0.2, 0.25) is 0 Å². The molecule has 1 heterocycles. The van der Waals surface area contributed by atoms with Crippen molar-refractivity contribution in [2.24, 2.45) is 7.05 Å². The molecular formula is C13H14ClN3O. The fourth-order valence-electron chi connectivity index (χ4n) is 1.69. The summed E-state index contributed by atoms with van der Waals surface area (Å²) in [4.78, 5) is 11.9. The number of alkyl halides is 1. The Balaban J connectivity index is 1.99. The number of rotatable bonds is 4. The number of nitrogens with zero attached hydrogens (tertiary/aromatic N) is 2. The van der Waals surface area contributed by atoms with Gasteiger partial charge in [0.1, 0.15) is 5.69 Å². The summed E-state index contributed by atoms with van der Waals surface area (Å²) < 4.78 is 1.55. The molecule has 18 heavy (non-hydrogen) atoms. The predicted octanol–water partition coefficient (Wildman–Crippen LogP) is 2.09. The maximum atomic E-state index is 11.9. The first-order valence-corrected chi connectivity index (χ1v) is 6.14. The lowest BCUT2D eigenvalue weighted by Crippen LogP contribution is -2.25. The van der Waals surface area contributed by atoms with Crippen LogP contribution in [0.25, 0.3) is 0 Å². The maximum Gasteiger partial charge on any atom is 0.269 e. The first-order chi connectivity index (χ1) is 8.70. The SMILES string of the molecule is Cn1nccc1C(=O)NCc1cccc(CCl)c1. The zero-order chi connectivity index (χ0) is 13.0. The molecule has 0 saturated carbocycles. The van der Waals surface area contributed by atoms with Crippen molar-refractivity contribution >= 4 is 17.5 Å². The van der Waals surface area contributed by atoms with Gasteiger partial charge in [-0.05, 0) is 17.2 Å². The van der Waals surface area contributed by atoms with Crippen LogP contribution in [0.4, 0.5) is 0 Å². The van der Waals surface area contributed by atoms with Gasteiger partial charge in [0.25, 0.3) is 5.91 Å². The third kappa shape index (κ3) is 2.90. The van der Waals surface area contributed by atoms with Gasteiger partial charge in [-0.1, -0.05) is 24.3 Å². The Bertz CT molecular complexity index is 551. The van der Waals surface area contributed by atoms with Gasteiger partial charge in [-0.15, -0.1) is 11.6 Å². The number of hydrogen-bond acceptors (Lipinski definition) is 2. The van der Waals surface area contributed by atoms with Gasteiger partial charge in [0.05, 0.1) is 0 Å². The molecule has 5 heteroatoms. The van der Waals surface area contributed by atoms with E-state index < -0.39 is 0 Å². The van der Waals surface area contributed by atoms with E-state index in [2.05, 4.69) is 10.4 Å². The number of aromatic nitrogens is 2. The van der Waals surface area contributed by atoms with Crippen molar-refractivity contribution in [2.75, 3.05) is 0 Å². The smallest absolute Gasteiger partial charge is 0.269 e. The summed E-state index contributed by atoms with van der Waals surface area (Å²) in [6, 6.07) is 9.52. The van der Waals surface area contributed by atoms with E-state index in [-0.39, 0.29) is 5.91 Å². The number of amides is 1. The topological polar surface area (TPSA) is 46.9 Å². The van der Waals surface area contributed by atoms with E-state index in [9.17, 15) is 4.79 Å². The summed E-state index contributed by atoms with van der Waals surface area (Å²) in [5, 5.41) is 6.81.